The summed E-state index contributed by atoms with van der Waals surface area (Å²) in [5.74, 6) is 0.928. The average molecular weight is 292 g/mol. The molecular weight excluding hydrogens is 268 g/mol. The molecule has 1 unspecified atom stereocenters. The molecule has 0 saturated carbocycles. The van der Waals surface area contributed by atoms with Crippen molar-refractivity contribution in [3.05, 3.63) is 23.8 Å². The number of hydrogen-bond donors (Lipinski definition) is 1. The molecule has 21 heavy (non-hydrogen) atoms. The van der Waals surface area contributed by atoms with E-state index < -0.39 is 0 Å². The molecule has 116 valence electrons. The van der Waals surface area contributed by atoms with Gasteiger partial charge in [-0.3, -0.25) is 4.79 Å². The molecule has 0 bridgehead atoms. The maximum atomic E-state index is 11.9. The minimum Gasteiger partial charge on any atom is -0.487 e. The second-order valence-corrected chi connectivity index (χ2v) is 5.89. The van der Waals surface area contributed by atoms with Gasteiger partial charge in [-0.25, -0.2) is 0 Å². The molecule has 1 heterocycles. The number of ether oxygens (including phenoxy) is 2. The van der Waals surface area contributed by atoms with Crippen LogP contribution >= 0.6 is 0 Å². The Bertz CT molecular complexity index is 502. The summed E-state index contributed by atoms with van der Waals surface area (Å²) >= 11 is 0. The molecular formula is C16H24N2O3. The highest BCUT2D eigenvalue weighted by molar-refractivity contribution is 5.77. The summed E-state index contributed by atoms with van der Waals surface area (Å²) in [6.45, 7) is 7.88. The third kappa shape index (κ3) is 4.11. The molecule has 0 fully saturated rings. The van der Waals surface area contributed by atoms with Gasteiger partial charge in [0.05, 0.1) is 18.8 Å². The van der Waals surface area contributed by atoms with Crippen LogP contribution in [0.2, 0.25) is 0 Å². The van der Waals surface area contributed by atoms with Crippen LogP contribution in [0.5, 0.6) is 5.75 Å². The monoisotopic (exact) mass is 292 g/mol. The Labute approximate surface area is 126 Å². The highest BCUT2D eigenvalue weighted by atomic mass is 16.5. The Hall–Kier alpha value is -1.75. The van der Waals surface area contributed by atoms with Crippen LogP contribution in [0.1, 0.15) is 26.3 Å². The van der Waals surface area contributed by atoms with E-state index in [1.807, 2.05) is 43.9 Å². The molecule has 1 aliphatic heterocycles. The molecule has 5 nitrogen and oxygen atoms in total. The Morgan fingerprint density at radius 1 is 1.52 bits per heavy atom. The first-order valence-electron chi connectivity index (χ1n) is 7.39. The second kappa shape index (κ2) is 6.80. The van der Waals surface area contributed by atoms with Crippen LogP contribution < -0.4 is 15.4 Å². The number of hydrogen-bond acceptors (Lipinski definition) is 5. The second-order valence-electron chi connectivity index (χ2n) is 5.89. The van der Waals surface area contributed by atoms with E-state index in [1.165, 1.54) is 0 Å². The van der Waals surface area contributed by atoms with Crippen LogP contribution in [-0.4, -0.2) is 31.8 Å². The van der Waals surface area contributed by atoms with Crippen LogP contribution in [0.3, 0.4) is 0 Å². The van der Waals surface area contributed by atoms with E-state index in [1.54, 1.807) is 0 Å². The van der Waals surface area contributed by atoms with Crippen molar-refractivity contribution in [1.82, 2.24) is 0 Å². The van der Waals surface area contributed by atoms with Gasteiger partial charge in [-0.15, -0.1) is 0 Å². The van der Waals surface area contributed by atoms with Gasteiger partial charge in [-0.1, -0.05) is 19.9 Å². The summed E-state index contributed by atoms with van der Waals surface area (Å²) in [5.41, 5.74) is 7.60. The van der Waals surface area contributed by atoms with Crippen molar-refractivity contribution >= 4 is 11.7 Å². The molecule has 2 rings (SSSR count). The lowest BCUT2D eigenvalue weighted by Crippen LogP contribution is -2.41. The quantitative estimate of drug-likeness (QED) is 0.840. The number of nitrogens with zero attached hydrogens (tertiary/aromatic N) is 1. The molecule has 1 aromatic rings. The maximum absolute atomic E-state index is 11.9. The van der Waals surface area contributed by atoms with Crippen molar-refractivity contribution < 1.29 is 14.3 Å². The summed E-state index contributed by atoms with van der Waals surface area (Å²) in [6, 6.07) is 5.86. The van der Waals surface area contributed by atoms with Crippen molar-refractivity contribution in [3.63, 3.8) is 0 Å². The van der Waals surface area contributed by atoms with E-state index in [4.69, 9.17) is 15.2 Å². The zero-order valence-corrected chi connectivity index (χ0v) is 13.0. The number of carbonyl (C=O) groups is 1. The van der Waals surface area contributed by atoms with Gasteiger partial charge >= 0.3 is 5.97 Å². The summed E-state index contributed by atoms with van der Waals surface area (Å²) in [7, 11) is 0. The Morgan fingerprint density at radius 2 is 2.29 bits per heavy atom. The van der Waals surface area contributed by atoms with Gasteiger partial charge in [-0.05, 0) is 30.5 Å². The largest absolute Gasteiger partial charge is 0.487 e. The minimum absolute atomic E-state index is 0.0309. The van der Waals surface area contributed by atoms with Crippen molar-refractivity contribution in [2.45, 2.75) is 33.4 Å². The summed E-state index contributed by atoms with van der Waals surface area (Å²) < 4.78 is 11.1. The number of anilines is 1. The molecule has 0 aromatic heterocycles. The van der Waals surface area contributed by atoms with Gasteiger partial charge in [0.25, 0.3) is 0 Å². The van der Waals surface area contributed by atoms with Crippen LogP contribution in [0.15, 0.2) is 18.2 Å². The van der Waals surface area contributed by atoms with E-state index in [0.717, 1.165) is 17.0 Å². The number of esters is 1. The standard InChI is InChI=1S/C16H24N2O3/c1-11(2)10-20-16(19)9-18-8-12(3)21-15-6-13(7-17)4-5-14(15)18/h4-6,11-12H,7-10,17H2,1-3H3. The number of carbonyl (C=O) groups excluding carboxylic acids is 1. The van der Waals surface area contributed by atoms with Crippen molar-refractivity contribution in [1.29, 1.82) is 0 Å². The first kappa shape index (κ1) is 15.6. The van der Waals surface area contributed by atoms with Crippen molar-refractivity contribution in [3.8, 4) is 5.75 Å². The van der Waals surface area contributed by atoms with Gasteiger partial charge in [0.15, 0.2) is 0 Å². The Morgan fingerprint density at radius 3 is 2.95 bits per heavy atom. The molecule has 0 saturated heterocycles. The van der Waals surface area contributed by atoms with E-state index in [0.29, 0.717) is 25.6 Å². The van der Waals surface area contributed by atoms with E-state index in [9.17, 15) is 4.79 Å². The maximum Gasteiger partial charge on any atom is 0.325 e. The molecule has 5 heteroatoms. The van der Waals surface area contributed by atoms with Gasteiger partial charge in [0, 0.05) is 6.54 Å². The van der Waals surface area contributed by atoms with Gasteiger partial charge < -0.3 is 20.1 Å². The summed E-state index contributed by atoms with van der Waals surface area (Å²) in [4.78, 5) is 13.9. The van der Waals surface area contributed by atoms with Crippen LogP contribution in [0.4, 0.5) is 5.69 Å². The topological polar surface area (TPSA) is 64.8 Å². The first-order valence-corrected chi connectivity index (χ1v) is 7.39. The Kier molecular flexibility index (Phi) is 5.07. The van der Waals surface area contributed by atoms with Crippen molar-refractivity contribution in [2.24, 2.45) is 11.7 Å². The van der Waals surface area contributed by atoms with Crippen LogP contribution in [0, 0.1) is 5.92 Å². The fourth-order valence-electron chi connectivity index (χ4n) is 2.31. The van der Waals surface area contributed by atoms with Gasteiger partial charge in [0.2, 0.25) is 0 Å². The normalized spacial score (nSPS) is 17.4. The zero-order chi connectivity index (χ0) is 15.4. The van der Waals surface area contributed by atoms with Crippen molar-refractivity contribution in [2.75, 3.05) is 24.6 Å². The van der Waals surface area contributed by atoms with E-state index in [2.05, 4.69) is 0 Å². The average Bonchev–Trinajstić information content (AvgIpc) is 2.44. The fourth-order valence-corrected chi connectivity index (χ4v) is 2.31. The SMILES string of the molecule is CC(C)COC(=O)CN1CC(C)Oc2cc(CN)ccc21. The molecule has 1 aromatic carbocycles. The first-order chi connectivity index (χ1) is 9.99. The molecule has 0 amide bonds. The van der Waals surface area contributed by atoms with E-state index >= 15 is 0 Å². The molecule has 0 radical (unpaired) electrons. The smallest absolute Gasteiger partial charge is 0.325 e. The lowest BCUT2D eigenvalue weighted by atomic mass is 10.1. The van der Waals surface area contributed by atoms with E-state index in [-0.39, 0.29) is 18.6 Å². The number of nitrogens with two attached hydrogens (primary N) is 1. The number of fused-ring (bicyclic) bond motifs is 1. The third-order valence-corrected chi connectivity index (χ3v) is 3.30. The molecule has 2 N–H and O–H groups in total. The molecule has 0 spiro atoms. The summed E-state index contributed by atoms with van der Waals surface area (Å²) in [5, 5.41) is 0. The predicted molar refractivity (Wildman–Crippen MR) is 82.4 cm³/mol. The van der Waals surface area contributed by atoms with Gasteiger partial charge in [0.1, 0.15) is 18.4 Å². The summed E-state index contributed by atoms with van der Waals surface area (Å²) in [6.07, 6.45) is 0.0309. The van der Waals surface area contributed by atoms with Gasteiger partial charge in [-0.2, -0.15) is 0 Å². The number of rotatable bonds is 5. The molecule has 0 aliphatic carbocycles. The van der Waals surface area contributed by atoms with Crippen LogP contribution in [0.25, 0.3) is 0 Å². The Balaban J connectivity index is 2.09. The number of benzene rings is 1. The lowest BCUT2D eigenvalue weighted by molar-refractivity contribution is -0.143. The highest BCUT2D eigenvalue weighted by Crippen LogP contribution is 2.34. The third-order valence-electron chi connectivity index (χ3n) is 3.30. The minimum atomic E-state index is -0.202. The molecule has 1 atom stereocenters. The lowest BCUT2D eigenvalue weighted by Gasteiger charge is -2.34. The van der Waals surface area contributed by atoms with Crippen LogP contribution in [-0.2, 0) is 16.1 Å². The molecule has 1 aliphatic rings. The fraction of sp³-hybridized carbons (Fsp3) is 0.562. The predicted octanol–water partition coefficient (Wildman–Crippen LogP) is 1.93. The highest BCUT2D eigenvalue weighted by Gasteiger charge is 2.25. The zero-order valence-electron chi connectivity index (χ0n) is 13.0.